The zero-order valence-corrected chi connectivity index (χ0v) is 7.97. The molecule has 1 heterocycles. The van der Waals surface area contributed by atoms with Crippen LogP contribution in [0.15, 0.2) is 6.07 Å². The summed E-state index contributed by atoms with van der Waals surface area (Å²) in [6.45, 7) is 3.24. The Hall–Kier alpha value is -0.770. The third-order valence-electron chi connectivity index (χ3n) is 2.13. The van der Waals surface area contributed by atoms with Crippen LogP contribution >= 0.6 is 11.5 Å². The Kier molecular flexibility index (Phi) is 1.92. The van der Waals surface area contributed by atoms with Gasteiger partial charge in [0.15, 0.2) is 0 Å². The predicted octanol–water partition coefficient (Wildman–Crippen LogP) is 1.71. The summed E-state index contributed by atoms with van der Waals surface area (Å²) in [6, 6.07) is 2.72. The van der Waals surface area contributed by atoms with Gasteiger partial charge in [0.2, 0.25) is 0 Å². The van der Waals surface area contributed by atoms with Gasteiger partial charge < -0.3 is 10.6 Å². The van der Waals surface area contributed by atoms with E-state index in [4.69, 9.17) is 5.73 Å². The van der Waals surface area contributed by atoms with Crippen LogP contribution in [-0.2, 0) is 0 Å². The minimum absolute atomic E-state index is 0.647. The van der Waals surface area contributed by atoms with Crippen LogP contribution in [0.1, 0.15) is 19.8 Å². The summed E-state index contributed by atoms with van der Waals surface area (Å²) in [5, 5.41) is 1.22. The maximum absolute atomic E-state index is 5.56. The molecular formula is C8H13N3S. The molecule has 1 aliphatic carbocycles. The molecule has 66 valence electrons. The highest BCUT2D eigenvalue weighted by molar-refractivity contribution is 7.10. The smallest absolute Gasteiger partial charge is 0.139 e. The van der Waals surface area contributed by atoms with Gasteiger partial charge in [-0.05, 0) is 31.3 Å². The average molecular weight is 183 g/mol. The monoisotopic (exact) mass is 183 g/mol. The molecule has 0 unspecified atom stereocenters. The maximum atomic E-state index is 5.56. The van der Waals surface area contributed by atoms with Crippen molar-refractivity contribution < 1.29 is 0 Å². The SMILES string of the molecule is CCN(c1cc(N)ns1)C1CC1. The molecule has 3 nitrogen and oxygen atoms in total. The lowest BCUT2D eigenvalue weighted by atomic mass is 10.5. The summed E-state index contributed by atoms with van der Waals surface area (Å²) < 4.78 is 4.07. The largest absolute Gasteiger partial charge is 0.383 e. The van der Waals surface area contributed by atoms with Crippen molar-refractivity contribution in [2.75, 3.05) is 17.2 Å². The van der Waals surface area contributed by atoms with Gasteiger partial charge >= 0.3 is 0 Å². The molecule has 4 heteroatoms. The van der Waals surface area contributed by atoms with E-state index in [1.54, 1.807) is 0 Å². The van der Waals surface area contributed by atoms with Crippen LogP contribution in [-0.4, -0.2) is 17.0 Å². The van der Waals surface area contributed by atoms with Crippen molar-refractivity contribution in [3.63, 3.8) is 0 Å². The fourth-order valence-corrected chi connectivity index (χ4v) is 2.20. The molecule has 2 rings (SSSR count). The van der Waals surface area contributed by atoms with Crippen molar-refractivity contribution in [3.05, 3.63) is 6.07 Å². The normalized spacial score (nSPS) is 16.4. The van der Waals surface area contributed by atoms with Gasteiger partial charge in [-0.15, -0.1) is 0 Å². The van der Waals surface area contributed by atoms with E-state index in [-0.39, 0.29) is 0 Å². The maximum Gasteiger partial charge on any atom is 0.139 e. The minimum Gasteiger partial charge on any atom is -0.383 e. The van der Waals surface area contributed by atoms with Crippen LogP contribution in [0.3, 0.4) is 0 Å². The molecule has 1 fully saturated rings. The van der Waals surface area contributed by atoms with Crippen molar-refractivity contribution in [1.82, 2.24) is 4.37 Å². The number of nitrogens with two attached hydrogens (primary N) is 1. The van der Waals surface area contributed by atoms with Gasteiger partial charge in [0.1, 0.15) is 10.8 Å². The number of nitrogens with zero attached hydrogens (tertiary/aromatic N) is 2. The van der Waals surface area contributed by atoms with Crippen molar-refractivity contribution in [2.45, 2.75) is 25.8 Å². The van der Waals surface area contributed by atoms with Crippen LogP contribution in [0.5, 0.6) is 0 Å². The summed E-state index contributed by atoms with van der Waals surface area (Å²) >= 11 is 1.50. The second-order valence-corrected chi connectivity index (χ2v) is 3.89. The summed E-state index contributed by atoms with van der Waals surface area (Å²) in [4.78, 5) is 2.38. The highest BCUT2D eigenvalue weighted by Crippen LogP contribution is 2.34. The fourth-order valence-electron chi connectivity index (χ4n) is 1.39. The van der Waals surface area contributed by atoms with Gasteiger partial charge in [-0.1, -0.05) is 0 Å². The molecule has 1 saturated carbocycles. The average Bonchev–Trinajstić information content (AvgIpc) is 2.78. The van der Waals surface area contributed by atoms with E-state index in [1.165, 1.54) is 29.4 Å². The number of rotatable bonds is 3. The molecule has 0 bridgehead atoms. The summed E-state index contributed by atoms with van der Waals surface area (Å²) in [6.07, 6.45) is 2.65. The first-order valence-corrected chi connectivity index (χ1v) is 5.07. The van der Waals surface area contributed by atoms with Crippen LogP contribution in [0.25, 0.3) is 0 Å². The van der Waals surface area contributed by atoms with Crippen LogP contribution in [0, 0.1) is 0 Å². The first-order chi connectivity index (χ1) is 5.81. The van der Waals surface area contributed by atoms with E-state index >= 15 is 0 Å². The van der Waals surface area contributed by atoms with E-state index in [0.717, 1.165) is 12.6 Å². The molecule has 0 atom stereocenters. The van der Waals surface area contributed by atoms with E-state index in [2.05, 4.69) is 16.2 Å². The quantitative estimate of drug-likeness (QED) is 0.775. The lowest BCUT2D eigenvalue weighted by Crippen LogP contribution is -2.23. The Morgan fingerprint density at radius 1 is 1.75 bits per heavy atom. The highest BCUT2D eigenvalue weighted by Gasteiger charge is 2.28. The number of aromatic nitrogens is 1. The standard InChI is InChI=1S/C8H13N3S/c1-2-11(6-3-4-6)8-5-7(9)10-12-8/h5-6H,2-4H2,1H3,(H2,9,10). The van der Waals surface area contributed by atoms with Crippen LogP contribution in [0.4, 0.5) is 10.8 Å². The molecule has 0 saturated heterocycles. The van der Waals surface area contributed by atoms with Gasteiger partial charge in [0.05, 0.1) is 0 Å². The van der Waals surface area contributed by atoms with Gasteiger partial charge in [0, 0.05) is 18.7 Å². The Bertz CT molecular complexity index is 267. The van der Waals surface area contributed by atoms with Crippen LogP contribution in [0.2, 0.25) is 0 Å². The van der Waals surface area contributed by atoms with Gasteiger partial charge in [0.25, 0.3) is 0 Å². The number of hydrogen-bond donors (Lipinski definition) is 1. The molecule has 2 N–H and O–H groups in total. The fraction of sp³-hybridized carbons (Fsp3) is 0.625. The van der Waals surface area contributed by atoms with Gasteiger partial charge in [-0.25, -0.2) is 0 Å². The van der Waals surface area contributed by atoms with Crippen molar-refractivity contribution in [1.29, 1.82) is 0 Å². The molecule has 0 aliphatic heterocycles. The molecule has 1 aliphatic rings. The molecule has 0 radical (unpaired) electrons. The first kappa shape index (κ1) is 7.86. The van der Waals surface area contributed by atoms with Crippen molar-refractivity contribution >= 4 is 22.4 Å². The summed E-state index contributed by atoms with van der Waals surface area (Å²) in [5.74, 6) is 0.647. The third-order valence-corrected chi connectivity index (χ3v) is 2.97. The van der Waals surface area contributed by atoms with Crippen LogP contribution < -0.4 is 10.6 Å². The van der Waals surface area contributed by atoms with E-state index in [1.807, 2.05) is 6.07 Å². The predicted molar refractivity (Wildman–Crippen MR) is 52.6 cm³/mol. The second kappa shape index (κ2) is 2.94. The summed E-state index contributed by atoms with van der Waals surface area (Å²) in [5.41, 5.74) is 5.56. The van der Waals surface area contributed by atoms with E-state index < -0.39 is 0 Å². The zero-order valence-electron chi connectivity index (χ0n) is 7.16. The summed E-state index contributed by atoms with van der Waals surface area (Å²) in [7, 11) is 0. The second-order valence-electron chi connectivity index (χ2n) is 3.11. The Morgan fingerprint density at radius 3 is 2.92 bits per heavy atom. The lowest BCUT2D eigenvalue weighted by Gasteiger charge is -2.19. The molecule has 0 amide bonds. The van der Waals surface area contributed by atoms with E-state index in [0.29, 0.717) is 5.82 Å². The molecule has 12 heavy (non-hydrogen) atoms. The number of hydrogen-bond acceptors (Lipinski definition) is 4. The van der Waals surface area contributed by atoms with Gasteiger partial charge in [-0.2, -0.15) is 4.37 Å². The first-order valence-electron chi connectivity index (χ1n) is 4.30. The Labute approximate surface area is 76.4 Å². The molecule has 0 spiro atoms. The van der Waals surface area contributed by atoms with E-state index in [9.17, 15) is 0 Å². The van der Waals surface area contributed by atoms with Crippen molar-refractivity contribution in [2.24, 2.45) is 0 Å². The van der Waals surface area contributed by atoms with Crippen molar-refractivity contribution in [3.8, 4) is 0 Å². The Morgan fingerprint density at radius 2 is 2.50 bits per heavy atom. The molecule has 1 aromatic heterocycles. The minimum atomic E-state index is 0.647. The number of anilines is 2. The lowest BCUT2D eigenvalue weighted by molar-refractivity contribution is 0.836. The zero-order chi connectivity index (χ0) is 8.55. The number of nitrogen functional groups attached to an aromatic ring is 1. The topological polar surface area (TPSA) is 42.1 Å². The molecule has 0 aromatic carbocycles. The Balaban J connectivity index is 2.15. The molecule has 1 aromatic rings. The third kappa shape index (κ3) is 1.39. The van der Waals surface area contributed by atoms with Gasteiger partial charge in [-0.3, -0.25) is 0 Å². The molecular weight excluding hydrogens is 170 g/mol. The highest BCUT2D eigenvalue weighted by atomic mass is 32.1.